The van der Waals surface area contributed by atoms with Crippen LogP contribution in [0, 0.1) is 11.3 Å². The first-order valence-electron chi connectivity index (χ1n) is 9.56. The predicted octanol–water partition coefficient (Wildman–Crippen LogP) is 3.88. The number of nitriles is 1. The quantitative estimate of drug-likeness (QED) is 0.533. The Morgan fingerprint density at radius 3 is 2.38 bits per heavy atom. The number of likely N-dealkylation sites (N-methyl/N-ethyl adjacent to an activating group) is 1. The van der Waals surface area contributed by atoms with Crippen LogP contribution in [0.4, 0.5) is 0 Å². The van der Waals surface area contributed by atoms with Crippen molar-refractivity contribution < 1.29 is 19.1 Å². The lowest BCUT2D eigenvalue weighted by Gasteiger charge is -2.09. The lowest BCUT2D eigenvalue weighted by Crippen LogP contribution is -2.33. The van der Waals surface area contributed by atoms with E-state index in [-0.39, 0.29) is 31.1 Å². The number of halogens is 2. The molecule has 0 aliphatic carbocycles. The van der Waals surface area contributed by atoms with Crippen molar-refractivity contribution in [3.8, 4) is 11.8 Å². The second-order valence-corrected chi connectivity index (χ2v) is 7.25. The largest absolute Gasteiger partial charge is 0.484 e. The monoisotopic (exact) mass is 477 g/mol. The van der Waals surface area contributed by atoms with Gasteiger partial charge in [0.15, 0.2) is 6.61 Å². The van der Waals surface area contributed by atoms with Crippen molar-refractivity contribution in [3.05, 3.63) is 76.3 Å². The summed E-state index contributed by atoms with van der Waals surface area (Å²) in [5, 5.41) is 14.7. The zero-order valence-electron chi connectivity index (χ0n) is 17.9. The van der Waals surface area contributed by atoms with Gasteiger partial charge < -0.3 is 20.1 Å². The van der Waals surface area contributed by atoms with E-state index in [1.54, 1.807) is 43.5 Å². The molecule has 2 aromatic rings. The lowest BCUT2D eigenvalue weighted by molar-refractivity contribution is -0.126. The van der Waals surface area contributed by atoms with Gasteiger partial charge in [-0.25, -0.2) is 0 Å². The van der Waals surface area contributed by atoms with Gasteiger partial charge in [0, 0.05) is 19.2 Å². The normalized spacial score (nSPS) is 10.6. The second-order valence-electron chi connectivity index (χ2n) is 6.43. The maximum absolute atomic E-state index is 11.4. The molecular formula is C23H25Cl2N3O4. The fourth-order valence-corrected chi connectivity index (χ4v) is 2.37. The summed E-state index contributed by atoms with van der Waals surface area (Å²) in [7, 11) is 1.54. The van der Waals surface area contributed by atoms with Gasteiger partial charge in [-0.2, -0.15) is 5.26 Å². The lowest BCUT2D eigenvalue weighted by atomic mass is 10.2. The Morgan fingerprint density at radius 2 is 1.81 bits per heavy atom. The van der Waals surface area contributed by atoms with Crippen LogP contribution < -0.4 is 15.4 Å². The molecule has 32 heavy (non-hydrogen) atoms. The molecule has 1 unspecified atom stereocenters. The first-order valence-corrected chi connectivity index (χ1v) is 10.3. The summed E-state index contributed by atoms with van der Waals surface area (Å²) in [4.78, 5) is 22.2. The number of benzene rings is 2. The highest BCUT2D eigenvalue weighted by Crippen LogP contribution is 2.26. The predicted molar refractivity (Wildman–Crippen MR) is 125 cm³/mol. The van der Waals surface area contributed by atoms with Gasteiger partial charge in [0.2, 0.25) is 5.91 Å². The molecular weight excluding hydrogens is 453 g/mol. The van der Waals surface area contributed by atoms with E-state index in [9.17, 15) is 9.59 Å². The molecule has 0 bridgehead atoms. The van der Waals surface area contributed by atoms with E-state index in [4.69, 9.17) is 37.9 Å². The van der Waals surface area contributed by atoms with Gasteiger partial charge in [-0.15, -0.1) is 6.58 Å². The maximum atomic E-state index is 11.4. The summed E-state index contributed by atoms with van der Waals surface area (Å²) in [5.74, 6) is 0.148. The summed E-state index contributed by atoms with van der Waals surface area (Å²) >= 11 is 11.5. The minimum Gasteiger partial charge on any atom is -0.484 e. The zero-order chi connectivity index (χ0) is 23.9. The van der Waals surface area contributed by atoms with Crippen molar-refractivity contribution in [2.45, 2.75) is 19.6 Å². The molecule has 7 nitrogen and oxygen atoms in total. The molecule has 1 atom stereocenters. The van der Waals surface area contributed by atoms with Crippen LogP contribution in [0.25, 0.3) is 0 Å². The van der Waals surface area contributed by atoms with Gasteiger partial charge in [0.1, 0.15) is 12.4 Å². The summed E-state index contributed by atoms with van der Waals surface area (Å²) < 4.78 is 10.4. The Hall–Kier alpha value is -3.05. The second kappa shape index (κ2) is 14.9. The highest BCUT2D eigenvalue weighted by atomic mass is 35.5. The Labute approximate surface area is 197 Å². The van der Waals surface area contributed by atoms with E-state index in [0.717, 1.165) is 5.56 Å². The van der Waals surface area contributed by atoms with Crippen LogP contribution in [0.1, 0.15) is 18.1 Å². The van der Waals surface area contributed by atoms with Gasteiger partial charge in [0.25, 0.3) is 5.91 Å². The molecule has 0 aromatic heterocycles. The van der Waals surface area contributed by atoms with Crippen molar-refractivity contribution >= 4 is 35.0 Å². The van der Waals surface area contributed by atoms with E-state index in [0.29, 0.717) is 28.0 Å². The molecule has 0 heterocycles. The smallest absolute Gasteiger partial charge is 0.257 e. The third-order valence-electron chi connectivity index (χ3n) is 3.87. The van der Waals surface area contributed by atoms with Gasteiger partial charge in [-0.05, 0) is 36.8 Å². The summed E-state index contributed by atoms with van der Waals surface area (Å²) in [6, 6.07) is 13.9. The van der Waals surface area contributed by atoms with Crippen molar-refractivity contribution in [1.82, 2.24) is 10.6 Å². The molecule has 2 N–H and O–H groups in total. The number of nitrogens with one attached hydrogen (secondary N) is 2. The fraction of sp³-hybridized carbons (Fsp3) is 0.261. The maximum Gasteiger partial charge on any atom is 0.257 e. The van der Waals surface area contributed by atoms with Gasteiger partial charge in [-0.3, -0.25) is 9.59 Å². The van der Waals surface area contributed by atoms with Crippen molar-refractivity contribution in [1.29, 1.82) is 5.26 Å². The van der Waals surface area contributed by atoms with Gasteiger partial charge in [-0.1, -0.05) is 41.4 Å². The van der Waals surface area contributed by atoms with Crippen LogP contribution in [0.5, 0.6) is 5.75 Å². The van der Waals surface area contributed by atoms with E-state index in [1.165, 1.54) is 0 Å². The van der Waals surface area contributed by atoms with E-state index < -0.39 is 0 Å². The van der Waals surface area contributed by atoms with Crippen LogP contribution in [-0.2, 0) is 20.9 Å². The average Bonchev–Trinajstić information content (AvgIpc) is 2.80. The number of rotatable bonds is 9. The molecule has 0 radical (unpaired) electrons. The highest BCUT2D eigenvalue weighted by molar-refractivity contribution is 6.42. The number of nitrogens with zero attached hydrogens (tertiary/aromatic N) is 1. The number of carbonyl (C=O) groups is 2. The number of amides is 2. The Kier molecular flexibility index (Phi) is 12.5. The fourth-order valence-electron chi connectivity index (χ4n) is 2.08. The molecule has 0 fully saturated rings. The Bertz CT molecular complexity index is 943. The molecule has 2 aromatic carbocycles. The third kappa shape index (κ3) is 10.8. The summed E-state index contributed by atoms with van der Waals surface area (Å²) in [5.41, 5.74) is 1.54. The Balaban J connectivity index is 0.000000330. The minimum absolute atomic E-state index is 0.0121. The minimum atomic E-state index is -0.198. The molecule has 0 aliphatic heterocycles. The van der Waals surface area contributed by atoms with Crippen LogP contribution in [0.15, 0.2) is 55.1 Å². The standard InChI is InChI=1S/C14H16N2O2.C9H9Cl2NO2/c1-3-11(2)16-14(17)10-18-9-13-6-4-12(8-15)5-7-13;1-12-9(13)5-14-6-2-3-7(10)8(11)4-6/h3-7,11H,1,9-10H2,2H3,(H,16,17);2-4H,5H2,1H3,(H,12,13). The molecule has 170 valence electrons. The first-order chi connectivity index (χ1) is 15.3. The third-order valence-corrected chi connectivity index (χ3v) is 4.61. The number of hydrogen-bond donors (Lipinski definition) is 2. The molecule has 2 rings (SSSR count). The SMILES string of the molecule is C=CC(C)NC(=O)COCc1ccc(C#N)cc1.CNC(=O)COc1ccc(Cl)c(Cl)c1. The van der Waals surface area contributed by atoms with Crippen molar-refractivity contribution in [2.75, 3.05) is 20.3 Å². The zero-order valence-corrected chi connectivity index (χ0v) is 19.4. The average molecular weight is 478 g/mol. The molecule has 0 saturated carbocycles. The highest BCUT2D eigenvalue weighted by Gasteiger charge is 2.04. The van der Waals surface area contributed by atoms with E-state index in [1.807, 2.05) is 25.1 Å². The molecule has 2 amide bonds. The van der Waals surface area contributed by atoms with E-state index >= 15 is 0 Å². The van der Waals surface area contributed by atoms with Crippen LogP contribution in [0.3, 0.4) is 0 Å². The molecule has 0 aliphatic rings. The molecule has 0 spiro atoms. The summed E-state index contributed by atoms with van der Waals surface area (Å²) in [6.07, 6.45) is 1.65. The van der Waals surface area contributed by atoms with Crippen LogP contribution in [0.2, 0.25) is 10.0 Å². The van der Waals surface area contributed by atoms with Gasteiger partial charge in [0.05, 0.1) is 28.3 Å². The van der Waals surface area contributed by atoms with Crippen molar-refractivity contribution in [3.63, 3.8) is 0 Å². The van der Waals surface area contributed by atoms with Crippen molar-refractivity contribution in [2.24, 2.45) is 0 Å². The van der Waals surface area contributed by atoms with Crippen LogP contribution >= 0.6 is 23.2 Å². The molecule has 0 saturated heterocycles. The number of carbonyl (C=O) groups excluding carboxylic acids is 2. The topological polar surface area (TPSA) is 100 Å². The number of hydrogen-bond acceptors (Lipinski definition) is 5. The Morgan fingerprint density at radius 1 is 1.12 bits per heavy atom. The van der Waals surface area contributed by atoms with Gasteiger partial charge >= 0.3 is 0 Å². The summed E-state index contributed by atoms with van der Waals surface area (Å²) in [6.45, 7) is 5.74. The molecule has 9 heteroatoms. The first kappa shape index (κ1) is 27.0. The van der Waals surface area contributed by atoms with Crippen LogP contribution in [-0.4, -0.2) is 38.1 Å². The number of ether oxygens (including phenoxy) is 2. The van der Waals surface area contributed by atoms with E-state index in [2.05, 4.69) is 17.2 Å².